The highest BCUT2D eigenvalue weighted by Crippen LogP contribution is 2.39. The van der Waals surface area contributed by atoms with Crippen LogP contribution < -0.4 is 20.4 Å². The molecule has 0 amide bonds. The van der Waals surface area contributed by atoms with Crippen LogP contribution in [0.15, 0.2) is 30.5 Å². The molecule has 2 aromatic rings. The van der Waals surface area contributed by atoms with Crippen molar-refractivity contribution < 1.29 is 5.11 Å². The molecule has 3 N–H and O–H groups in total. The van der Waals surface area contributed by atoms with Crippen LogP contribution in [0.1, 0.15) is 37.2 Å². The molecule has 1 aliphatic carbocycles. The molecule has 7 nitrogen and oxygen atoms in total. The molecule has 2 aromatic heterocycles. The summed E-state index contributed by atoms with van der Waals surface area (Å²) < 4.78 is 0. The number of hydrogen-bond acceptors (Lipinski definition) is 7. The molecule has 5 rings (SSSR count). The second-order valence-electron chi connectivity index (χ2n) is 8.42. The fourth-order valence-corrected chi connectivity index (χ4v) is 4.27. The minimum Gasteiger partial charge on any atom is -0.391 e. The maximum Gasteiger partial charge on any atom is 0.136 e. The number of pyridine rings is 2. The summed E-state index contributed by atoms with van der Waals surface area (Å²) in [5, 5.41) is 16.9. The molecule has 1 atom stereocenters. The first-order valence-corrected chi connectivity index (χ1v) is 10.9. The van der Waals surface area contributed by atoms with E-state index in [0.29, 0.717) is 12.5 Å². The summed E-state index contributed by atoms with van der Waals surface area (Å²) in [5.74, 6) is 3.27. The van der Waals surface area contributed by atoms with E-state index in [-0.39, 0.29) is 6.10 Å². The minimum absolute atomic E-state index is 0.276. The summed E-state index contributed by atoms with van der Waals surface area (Å²) in [4.78, 5) is 14.1. The van der Waals surface area contributed by atoms with Crippen LogP contribution in [0.2, 0.25) is 0 Å². The van der Waals surface area contributed by atoms with Gasteiger partial charge in [0.25, 0.3) is 0 Å². The molecular formula is C22H30N6O. The van der Waals surface area contributed by atoms with Crippen molar-refractivity contribution >= 4 is 23.1 Å². The number of anilines is 4. The van der Waals surface area contributed by atoms with Crippen molar-refractivity contribution in [3.05, 3.63) is 36.0 Å². The van der Waals surface area contributed by atoms with E-state index in [9.17, 15) is 5.11 Å². The summed E-state index contributed by atoms with van der Waals surface area (Å²) in [6.45, 7) is 5.54. The van der Waals surface area contributed by atoms with Crippen LogP contribution in [0.4, 0.5) is 23.1 Å². The van der Waals surface area contributed by atoms with Gasteiger partial charge in [0.2, 0.25) is 0 Å². The maximum atomic E-state index is 10.1. The first-order chi connectivity index (χ1) is 14.2. The van der Waals surface area contributed by atoms with Crippen molar-refractivity contribution in [3.63, 3.8) is 0 Å². The van der Waals surface area contributed by atoms with Gasteiger partial charge in [0.1, 0.15) is 17.5 Å². The smallest absolute Gasteiger partial charge is 0.136 e. The van der Waals surface area contributed by atoms with Gasteiger partial charge in [-0.05, 0) is 43.2 Å². The Kier molecular flexibility index (Phi) is 5.24. The van der Waals surface area contributed by atoms with Crippen LogP contribution >= 0.6 is 0 Å². The van der Waals surface area contributed by atoms with Crippen LogP contribution in [-0.4, -0.2) is 60.4 Å². The average molecular weight is 395 g/mol. The summed E-state index contributed by atoms with van der Waals surface area (Å²) in [6.07, 6.45) is 6.15. The van der Waals surface area contributed by atoms with Crippen molar-refractivity contribution in [1.82, 2.24) is 15.3 Å². The summed E-state index contributed by atoms with van der Waals surface area (Å²) in [5.41, 5.74) is 2.51. The van der Waals surface area contributed by atoms with Gasteiger partial charge in [-0.2, -0.15) is 0 Å². The Bertz CT molecular complexity index is 832. The Hall–Kier alpha value is -2.38. The Morgan fingerprint density at radius 1 is 1.00 bits per heavy atom. The molecule has 0 radical (unpaired) electrons. The number of hydrogen-bond donors (Lipinski definition) is 3. The molecule has 2 saturated heterocycles. The Morgan fingerprint density at radius 3 is 2.59 bits per heavy atom. The zero-order valence-electron chi connectivity index (χ0n) is 16.8. The minimum atomic E-state index is -0.276. The number of aliphatic hydroxyl groups is 1. The van der Waals surface area contributed by atoms with Gasteiger partial charge in [0.15, 0.2) is 0 Å². The van der Waals surface area contributed by atoms with E-state index in [1.165, 1.54) is 24.1 Å². The lowest BCUT2D eigenvalue weighted by Gasteiger charge is -2.34. The zero-order chi connectivity index (χ0) is 19.6. The van der Waals surface area contributed by atoms with Crippen molar-refractivity contribution in [3.8, 4) is 0 Å². The monoisotopic (exact) mass is 394 g/mol. The predicted molar refractivity (Wildman–Crippen MR) is 116 cm³/mol. The van der Waals surface area contributed by atoms with Gasteiger partial charge in [-0.25, -0.2) is 9.97 Å². The van der Waals surface area contributed by atoms with Crippen molar-refractivity contribution in [2.75, 3.05) is 54.4 Å². The number of aromatic nitrogens is 2. The molecular weight excluding hydrogens is 364 g/mol. The first kappa shape index (κ1) is 18.6. The molecule has 3 fully saturated rings. The molecule has 2 aliphatic heterocycles. The normalized spacial score (nSPS) is 22.6. The van der Waals surface area contributed by atoms with E-state index in [1.807, 2.05) is 6.20 Å². The molecule has 0 aromatic carbocycles. The molecule has 154 valence electrons. The van der Waals surface area contributed by atoms with Crippen LogP contribution in [0.25, 0.3) is 0 Å². The van der Waals surface area contributed by atoms with Gasteiger partial charge in [-0.1, -0.05) is 6.07 Å². The van der Waals surface area contributed by atoms with Gasteiger partial charge < -0.3 is 25.5 Å². The Labute approximate surface area is 172 Å². The molecule has 1 unspecified atom stereocenters. The Balaban J connectivity index is 1.41. The SMILES string of the molecule is OC1CCCN(c2cc(N3CCNCC3)cc(Nc3ccc(C4CC4)cn3)n2)C1. The number of nitrogens with zero attached hydrogens (tertiary/aromatic N) is 4. The highest BCUT2D eigenvalue weighted by atomic mass is 16.3. The standard InChI is InChI=1S/C22H30N6O/c29-19-2-1-9-28(15-19)22-13-18(27-10-7-23-8-11-27)12-21(26-22)25-20-6-5-17(14-24-20)16-3-4-16/h5-6,12-14,16,19,23,29H,1-4,7-11,15H2,(H,24,25,26). The molecule has 4 heterocycles. The second-order valence-corrected chi connectivity index (χ2v) is 8.42. The van der Waals surface area contributed by atoms with E-state index in [0.717, 1.165) is 63.0 Å². The lowest BCUT2D eigenvalue weighted by Crippen LogP contribution is -2.43. The molecule has 3 aliphatic rings. The van der Waals surface area contributed by atoms with Crippen LogP contribution in [0.3, 0.4) is 0 Å². The van der Waals surface area contributed by atoms with E-state index < -0.39 is 0 Å². The van der Waals surface area contributed by atoms with Gasteiger partial charge in [-0.15, -0.1) is 0 Å². The summed E-state index contributed by atoms with van der Waals surface area (Å²) in [6, 6.07) is 8.51. The summed E-state index contributed by atoms with van der Waals surface area (Å²) in [7, 11) is 0. The number of β-amino-alcohol motifs (C(OH)–C–C–N with tert-alkyl or cyclic N) is 1. The molecule has 29 heavy (non-hydrogen) atoms. The van der Waals surface area contributed by atoms with Gasteiger partial charge in [0, 0.05) is 63.3 Å². The summed E-state index contributed by atoms with van der Waals surface area (Å²) >= 11 is 0. The highest BCUT2D eigenvalue weighted by molar-refractivity contribution is 5.66. The van der Waals surface area contributed by atoms with Gasteiger partial charge in [-0.3, -0.25) is 0 Å². The van der Waals surface area contributed by atoms with Crippen molar-refractivity contribution in [2.24, 2.45) is 0 Å². The Morgan fingerprint density at radius 2 is 1.86 bits per heavy atom. The largest absolute Gasteiger partial charge is 0.391 e. The van der Waals surface area contributed by atoms with E-state index >= 15 is 0 Å². The lowest BCUT2D eigenvalue weighted by molar-refractivity contribution is 0.154. The van der Waals surface area contributed by atoms with Crippen LogP contribution in [0.5, 0.6) is 0 Å². The number of piperidine rings is 1. The number of piperazine rings is 1. The predicted octanol–water partition coefficient (Wildman–Crippen LogP) is 2.47. The third-order valence-corrected chi connectivity index (χ3v) is 6.09. The molecule has 1 saturated carbocycles. The number of rotatable bonds is 5. The zero-order valence-corrected chi connectivity index (χ0v) is 16.8. The quantitative estimate of drug-likeness (QED) is 0.719. The fraction of sp³-hybridized carbons (Fsp3) is 0.545. The average Bonchev–Trinajstić information content (AvgIpc) is 3.60. The van der Waals surface area contributed by atoms with Crippen LogP contribution in [0, 0.1) is 0 Å². The second kappa shape index (κ2) is 8.16. The molecule has 0 bridgehead atoms. The number of nitrogens with one attached hydrogen (secondary N) is 2. The van der Waals surface area contributed by atoms with Crippen molar-refractivity contribution in [2.45, 2.75) is 37.7 Å². The third kappa shape index (κ3) is 4.46. The highest BCUT2D eigenvalue weighted by Gasteiger charge is 2.24. The lowest BCUT2D eigenvalue weighted by atomic mass is 10.1. The van der Waals surface area contributed by atoms with Crippen molar-refractivity contribution in [1.29, 1.82) is 0 Å². The number of aliphatic hydroxyl groups excluding tert-OH is 1. The van der Waals surface area contributed by atoms with Gasteiger partial charge >= 0.3 is 0 Å². The third-order valence-electron chi connectivity index (χ3n) is 6.09. The fourth-order valence-electron chi connectivity index (χ4n) is 4.27. The van der Waals surface area contributed by atoms with Crippen LogP contribution in [-0.2, 0) is 0 Å². The van der Waals surface area contributed by atoms with E-state index in [1.54, 1.807) is 0 Å². The topological polar surface area (TPSA) is 76.6 Å². The first-order valence-electron chi connectivity index (χ1n) is 10.9. The van der Waals surface area contributed by atoms with Gasteiger partial charge in [0.05, 0.1) is 6.10 Å². The molecule has 0 spiro atoms. The van der Waals surface area contributed by atoms with E-state index in [4.69, 9.17) is 4.98 Å². The molecule has 7 heteroatoms. The maximum absolute atomic E-state index is 10.1. The van der Waals surface area contributed by atoms with E-state index in [2.05, 4.69) is 49.7 Å².